The van der Waals surface area contributed by atoms with Crippen LogP contribution in [0.5, 0.6) is 11.5 Å². The summed E-state index contributed by atoms with van der Waals surface area (Å²) in [6.07, 6.45) is 3.78. The lowest BCUT2D eigenvalue weighted by Crippen LogP contribution is -1.95. The molecule has 0 heterocycles. The number of rotatable bonds is 6. The summed E-state index contributed by atoms with van der Waals surface area (Å²) in [6, 6.07) is 11.2. The van der Waals surface area contributed by atoms with Crippen molar-refractivity contribution in [1.29, 1.82) is 0 Å². The SMILES string of the molecule is CCCCOc1cccc(N=Cc2cc(Br)cc(Br)c2O)c1. The third-order valence-electron chi connectivity index (χ3n) is 2.99. The van der Waals surface area contributed by atoms with E-state index in [1.54, 1.807) is 12.3 Å². The van der Waals surface area contributed by atoms with E-state index in [1.165, 1.54) is 0 Å². The highest BCUT2D eigenvalue weighted by Crippen LogP contribution is 2.31. The van der Waals surface area contributed by atoms with Gasteiger partial charge in [0, 0.05) is 22.3 Å². The van der Waals surface area contributed by atoms with E-state index in [0.29, 0.717) is 16.6 Å². The van der Waals surface area contributed by atoms with Gasteiger partial charge in [-0.2, -0.15) is 0 Å². The van der Waals surface area contributed by atoms with Crippen LogP contribution < -0.4 is 4.74 Å². The molecule has 2 aromatic rings. The van der Waals surface area contributed by atoms with Crippen LogP contribution >= 0.6 is 31.9 Å². The monoisotopic (exact) mass is 425 g/mol. The van der Waals surface area contributed by atoms with Gasteiger partial charge in [-0.25, -0.2) is 0 Å². The molecule has 0 aliphatic carbocycles. The quantitative estimate of drug-likeness (QED) is 0.465. The van der Waals surface area contributed by atoms with E-state index in [2.05, 4.69) is 43.8 Å². The minimum atomic E-state index is 0.169. The van der Waals surface area contributed by atoms with Crippen molar-refractivity contribution in [1.82, 2.24) is 0 Å². The first kappa shape index (κ1) is 17.0. The second-order valence-corrected chi connectivity index (χ2v) is 6.55. The number of aromatic hydroxyl groups is 1. The molecule has 0 spiro atoms. The van der Waals surface area contributed by atoms with Crippen molar-refractivity contribution in [3.63, 3.8) is 0 Å². The van der Waals surface area contributed by atoms with Crippen LogP contribution in [0.25, 0.3) is 0 Å². The number of phenols is 1. The molecule has 0 saturated heterocycles. The highest BCUT2D eigenvalue weighted by atomic mass is 79.9. The van der Waals surface area contributed by atoms with Crippen molar-refractivity contribution in [2.45, 2.75) is 19.8 Å². The zero-order valence-electron chi connectivity index (χ0n) is 12.2. The first-order chi connectivity index (χ1) is 10.6. The van der Waals surface area contributed by atoms with E-state index < -0.39 is 0 Å². The van der Waals surface area contributed by atoms with Crippen LogP contribution in [0.3, 0.4) is 0 Å². The Hall–Kier alpha value is -1.33. The normalized spacial score (nSPS) is 11.0. The van der Waals surface area contributed by atoms with E-state index >= 15 is 0 Å². The average molecular weight is 427 g/mol. The number of benzene rings is 2. The number of unbranched alkanes of at least 4 members (excludes halogenated alkanes) is 1. The van der Waals surface area contributed by atoms with E-state index in [9.17, 15) is 5.11 Å². The van der Waals surface area contributed by atoms with Gasteiger partial charge in [0.2, 0.25) is 0 Å². The molecular weight excluding hydrogens is 410 g/mol. The van der Waals surface area contributed by atoms with Crippen LogP contribution in [0.15, 0.2) is 50.3 Å². The Kier molecular flexibility index (Phi) is 6.46. The summed E-state index contributed by atoms with van der Waals surface area (Å²) in [5.74, 6) is 0.977. The molecule has 0 atom stereocenters. The molecule has 0 aliphatic rings. The van der Waals surface area contributed by atoms with Gasteiger partial charge in [0.05, 0.1) is 16.8 Å². The Labute approximate surface area is 147 Å². The second kappa shape index (κ2) is 8.34. The van der Waals surface area contributed by atoms with Crippen LogP contribution in [-0.2, 0) is 0 Å². The molecule has 0 unspecified atom stereocenters. The molecule has 0 radical (unpaired) electrons. The molecule has 0 saturated carbocycles. The molecule has 3 nitrogen and oxygen atoms in total. The Morgan fingerprint density at radius 2 is 2.05 bits per heavy atom. The van der Waals surface area contributed by atoms with Crippen LogP contribution in [0.4, 0.5) is 5.69 Å². The summed E-state index contributed by atoms with van der Waals surface area (Å²) < 4.78 is 7.16. The average Bonchev–Trinajstić information content (AvgIpc) is 2.50. The van der Waals surface area contributed by atoms with Crippen LogP contribution in [-0.4, -0.2) is 17.9 Å². The molecule has 2 aromatic carbocycles. The Morgan fingerprint density at radius 3 is 2.82 bits per heavy atom. The lowest BCUT2D eigenvalue weighted by molar-refractivity contribution is 0.309. The molecule has 0 aromatic heterocycles. The molecule has 2 rings (SSSR count). The minimum absolute atomic E-state index is 0.169. The molecule has 0 bridgehead atoms. The summed E-state index contributed by atoms with van der Waals surface area (Å²) in [7, 11) is 0. The maximum Gasteiger partial charge on any atom is 0.138 e. The van der Waals surface area contributed by atoms with Gasteiger partial charge < -0.3 is 9.84 Å². The Bertz CT molecular complexity index is 672. The molecule has 1 N–H and O–H groups in total. The van der Waals surface area contributed by atoms with E-state index in [0.717, 1.165) is 28.8 Å². The maximum atomic E-state index is 10.0. The van der Waals surface area contributed by atoms with Gasteiger partial charge in [-0.15, -0.1) is 0 Å². The van der Waals surface area contributed by atoms with Gasteiger partial charge in [0.25, 0.3) is 0 Å². The van der Waals surface area contributed by atoms with Gasteiger partial charge in [0.1, 0.15) is 11.5 Å². The predicted molar refractivity (Wildman–Crippen MR) is 97.6 cm³/mol. The van der Waals surface area contributed by atoms with Crippen molar-refractivity contribution in [3.05, 3.63) is 50.9 Å². The lowest BCUT2D eigenvalue weighted by atomic mass is 10.2. The first-order valence-corrected chi connectivity index (χ1v) is 8.63. The fourth-order valence-electron chi connectivity index (χ4n) is 1.82. The van der Waals surface area contributed by atoms with Gasteiger partial charge in [0.15, 0.2) is 0 Å². The van der Waals surface area contributed by atoms with Crippen molar-refractivity contribution in [2.75, 3.05) is 6.61 Å². The number of halogens is 2. The van der Waals surface area contributed by atoms with Gasteiger partial charge in [-0.3, -0.25) is 4.99 Å². The smallest absolute Gasteiger partial charge is 0.138 e. The molecular formula is C17H17Br2NO2. The number of hydrogen-bond acceptors (Lipinski definition) is 3. The number of phenolic OH excluding ortho intramolecular Hbond substituents is 1. The van der Waals surface area contributed by atoms with Crippen LogP contribution in [0.2, 0.25) is 0 Å². The molecule has 22 heavy (non-hydrogen) atoms. The Balaban J connectivity index is 2.15. The standard InChI is InChI=1S/C17H17Br2NO2/c1-2-3-7-22-15-6-4-5-14(10-15)20-11-12-8-13(18)9-16(19)17(12)21/h4-6,8-11,21H,2-3,7H2,1H3. The molecule has 0 fully saturated rings. The highest BCUT2D eigenvalue weighted by Gasteiger charge is 2.05. The van der Waals surface area contributed by atoms with Gasteiger partial charge >= 0.3 is 0 Å². The van der Waals surface area contributed by atoms with Crippen molar-refractivity contribution >= 4 is 43.8 Å². The zero-order chi connectivity index (χ0) is 15.9. The summed E-state index contributed by atoms with van der Waals surface area (Å²) in [5, 5.41) is 10.0. The number of nitrogens with zero attached hydrogens (tertiary/aromatic N) is 1. The summed E-state index contributed by atoms with van der Waals surface area (Å²) in [6.45, 7) is 2.84. The molecule has 0 aliphatic heterocycles. The van der Waals surface area contributed by atoms with Crippen molar-refractivity contribution in [2.24, 2.45) is 4.99 Å². The fraction of sp³-hybridized carbons (Fsp3) is 0.235. The van der Waals surface area contributed by atoms with Crippen LogP contribution in [0, 0.1) is 0 Å². The molecule has 0 amide bonds. The minimum Gasteiger partial charge on any atom is -0.506 e. The number of aliphatic imine (C=N–C) groups is 1. The van der Waals surface area contributed by atoms with Crippen molar-refractivity contribution < 1.29 is 9.84 Å². The third-order valence-corrected chi connectivity index (χ3v) is 4.06. The van der Waals surface area contributed by atoms with Crippen LogP contribution in [0.1, 0.15) is 25.3 Å². The van der Waals surface area contributed by atoms with Crippen molar-refractivity contribution in [3.8, 4) is 11.5 Å². The fourth-order valence-corrected chi connectivity index (χ4v) is 3.07. The predicted octanol–water partition coefficient (Wildman–Crippen LogP) is 5.85. The molecule has 5 heteroatoms. The van der Waals surface area contributed by atoms with E-state index in [1.807, 2.05) is 30.3 Å². The summed E-state index contributed by atoms with van der Waals surface area (Å²) in [5.41, 5.74) is 1.42. The van der Waals surface area contributed by atoms with Gasteiger partial charge in [-0.05, 0) is 46.6 Å². The summed E-state index contributed by atoms with van der Waals surface area (Å²) in [4.78, 5) is 4.40. The lowest BCUT2D eigenvalue weighted by Gasteiger charge is -2.06. The number of hydrogen-bond donors (Lipinski definition) is 1. The molecule has 116 valence electrons. The highest BCUT2D eigenvalue weighted by molar-refractivity contribution is 9.11. The topological polar surface area (TPSA) is 41.8 Å². The van der Waals surface area contributed by atoms with E-state index in [-0.39, 0.29) is 5.75 Å². The zero-order valence-corrected chi connectivity index (χ0v) is 15.4. The maximum absolute atomic E-state index is 10.0. The largest absolute Gasteiger partial charge is 0.506 e. The summed E-state index contributed by atoms with van der Waals surface area (Å²) >= 11 is 6.71. The third kappa shape index (κ3) is 4.85. The second-order valence-electron chi connectivity index (χ2n) is 4.78. The van der Waals surface area contributed by atoms with E-state index in [4.69, 9.17) is 4.74 Å². The Morgan fingerprint density at radius 1 is 1.23 bits per heavy atom. The van der Waals surface area contributed by atoms with Gasteiger partial charge in [-0.1, -0.05) is 35.3 Å². The first-order valence-electron chi connectivity index (χ1n) is 7.05. The number of ether oxygens (including phenoxy) is 1.